The second-order valence-corrected chi connectivity index (χ2v) is 10.5. The van der Waals surface area contributed by atoms with Crippen molar-refractivity contribution in [2.24, 2.45) is 0 Å². The monoisotopic (exact) mass is 562 g/mol. The molecule has 0 bridgehead atoms. The van der Waals surface area contributed by atoms with Gasteiger partial charge in [-0.1, -0.05) is 42.4 Å². The van der Waals surface area contributed by atoms with Crippen molar-refractivity contribution in [3.8, 4) is 11.5 Å². The molecule has 40 heavy (non-hydrogen) atoms. The fourth-order valence-electron chi connectivity index (χ4n) is 4.77. The third-order valence-corrected chi connectivity index (χ3v) is 7.87. The highest BCUT2D eigenvalue weighted by molar-refractivity contribution is 7.17. The predicted molar refractivity (Wildman–Crippen MR) is 152 cm³/mol. The van der Waals surface area contributed by atoms with Crippen LogP contribution in [-0.2, 0) is 4.74 Å². The number of fused-ring (bicyclic) bond motifs is 2. The summed E-state index contributed by atoms with van der Waals surface area (Å²) >= 11 is 1.04. The summed E-state index contributed by atoms with van der Waals surface area (Å²) in [7, 11) is 1.54. The van der Waals surface area contributed by atoms with Crippen LogP contribution in [0.2, 0.25) is 0 Å². The van der Waals surface area contributed by atoms with Crippen LogP contribution in [0.15, 0.2) is 45.6 Å². The molecule has 0 radical (unpaired) electrons. The highest BCUT2D eigenvalue weighted by atomic mass is 32.1. The number of unbranched alkanes of at least 4 members (excludes halogenated alkanes) is 1. The number of hydrogen-bond donors (Lipinski definition) is 0. The van der Waals surface area contributed by atoms with Crippen LogP contribution in [0.5, 0.6) is 11.5 Å². The quantitative estimate of drug-likeness (QED) is 0.181. The molecular formula is C30H30N2O7S. The minimum absolute atomic E-state index is 0.0564. The SMILES string of the molecule is CCCCOc1ccc(C2c3c(oc4ccc(C)cc4c3=O)C(=O)N2c2nc(C)c(C(=O)OCC)s2)cc1OC. The summed E-state index contributed by atoms with van der Waals surface area (Å²) in [6, 6.07) is 9.73. The van der Waals surface area contributed by atoms with E-state index in [9.17, 15) is 14.4 Å². The van der Waals surface area contributed by atoms with Gasteiger partial charge in [-0.15, -0.1) is 0 Å². The number of rotatable bonds is 9. The van der Waals surface area contributed by atoms with E-state index in [0.29, 0.717) is 40.3 Å². The average molecular weight is 563 g/mol. The maximum Gasteiger partial charge on any atom is 0.350 e. The topological polar surface area (TPSA) is 108 Å². The van der Waals surface area contributed by atoms with Gasteiger partial charge in [-0.3, -0.25) is 14.5 Å². The van der Waals surface area contributed by atoms with Gasteiger partial charge < -0.3 is 18.6 Å². The first-order valence-electron chi connectivity index (χ1n) is 13.1. The van der Waals surface area contributed by atoms with Gasteiger partial charge >= 0.3 is 5.97 Å². The smallest absolute Gasteiger partial charge is 0.350 e. The van der Waals surface area contributed by atoms with Crippen molar-refractivity contribution in [1.82, 2.24) is 4.98 Å². The lowest BCUT2D eigenvalue weighted by atomic mass is 9.98. The Bertz CT molecular complexity index is 1670. The molecule has 4 aromatic rings. The summed E-state index contributed by atoms with van der Waals surface area (Å²) in [5.41, 5.74) is 2.15. The molecule has 1 amide bonds. The van der Waals surface area contributed by atoms with Crippen molar-refractivity contribution in [3.63, 3.8) is 0 Å². The maximum absolute atomic E-state index is 14.0. The van der Waals surface area contributed by atoms with Crippen LogP contribution in [0, 0.1) is 13.8 Å². The second-order valence-electron chi connectivity index (χ2n) is 9.50. The van der Waals surface area contributed by atoms with Crippen LogP contribution >= 0.6 is 11.3 Å². The van der Waals surface area contributed by atoms with E-state index in [4.69, 9.17) is 18.6 Å². The van der Waals surface area contributed by atoms with Crippen molar-refractivity contribution in [3.05, 3.63) is 79.6 Å². The van der Waals surface area contributed by atoms with E-state index in [-0.39, 0.29) is 33.4 Å². The molecule has 1 unspecified atom stereocenters. The van der Waals surface area contributed by atoms with Crippen LogP contribution in [0.25, 0.3) is 11.0 Å². The first-order valence-corrected chi connectivity index (χ1v) is 14.0. The van der Waals surface area contributed by atoms with Gasteiger partial charge in [0, 0.05) is 0 Å². The highest BCUT2D eigenvalue weighted by Gasteiger charge is 2.45. The third kappa shape index (κ3) is 4.72. The van der Waals surface area contributed by atoms with E-state index in [0.717, 1.165) is 29.7 Å². The van der Waals surface area contributed by atoms with E-state index >= 15 is 0 Å². The van der Waals surface area contributed by atoms with Crippen LogP contribution in [0.1, 0.15) is 75.3 Å². The number of amides is 1. The number of nitrogens with zero attached hydrogens (tertiary/aromatic N) is 2. The largest absolute Gasteiger partial charge is 0.493 e. The van der Waals surface area contributed by atoms with Gasteiger partial charge in [0.15, 0.2) is 22.1 Å². The number of esters is 1. The number of methoxy groups -OCH3 is 1. The van der Waals surface area contributed by atoms with Gasteiger partial charge in [-0.05, 0) is 57.0 Å². The number of thiazole rings is 1. The van der Waals surface area contributed by atoms with Gasteiger partial charge in [0.2, 0.25) is 5.76 Å². The molecule has 5 rings (SSSR count). The molecule has 0 spiro atoms. The summed E-state index contributed by atoms with van der Waals surface area (Å²) in [6.45, 7) is 8.11. The van der Waals surface area contributed by atoms with Gasteiger partial charge in [0.05, 0.1) is 43.0 Å². The maximum atomic E-state index is 14.0. The molecule has 2 aromatic heterocycles. The predicted octanol–water partition coefficient (Wildman–Crippen LogP) is 5.98. The number of ether oxygens (including phenoxy) is 3. The molecule has 3 heterocycles. The lowest BCUT2D eigenvalue weighted by Gasteiger charge is -2.23. The average Bonchev–Trinajstić information content (AvgIpc) is 3.46. The third-order valence-electron chi connectivity index (χ3n) is 6.74. The molecule has 0 aliphatic carbocycles. The summed E-state index contributed by atoms with van der Waals surface area (Å²) in [5.74, 6) is -0.0649. The Kier molecular flexibility index (Phi) is 7.62. The van der Waals surface area contributed by atoms with Crippen molar-refractivity contribution in [2.75, 3.05) is 25.2 Å². The van der Waals surface area contributed by atoms with Crippen LogP contribution in [-0.4, -0.2) is 37.2 Å². The number of aryl methyl sites for hydroxylation is 2. The molecule has 0 fully saturated rings. The Morgan fingerprint density at radius 2 is 1.90 bits per heavy atom. The molecule has 208 valence electrons. The molecule has 9 nitrogen and oxygen atoms in total. The van der Waals surface area contributed by atoms with Gasteiger partial charge in [-0.2, -0.15) is 0 Å². The molecule has 10 heteroatoms. The van der Waals surface area contributed by atoms with Crippen molar-refractivity contribution >= 4 is 39.3 Å². The van der Waals surface area contributed by atoms with Crippen molar-refractivity contribution in [1.29, 1.82) is 0 Å². The molecule has 1 atom stereocenters. The zero-order valence-corrected chi connectivity index (χ0v) is 23.8. The normalized spacial score (nSPS) is 14.5. The van der Waals surface area contributed by atoms with Crippen LogP contribution in [0.3, 0.4) is 0 Å². The first kappa shape index (κ1) is 27.4. The van der Waals surface area contributed by atoms with Crippen LogP contribution < -0.4 is 19.8 Å². The minimum atomic E-state index is -0.872. The molecule has 1 aliphatic rings. The first-order chi connectivity index (χ1) is 19.3. The lowest BCUT2D eigenvalue weighted by Crippen LogP contribution is -2.29. The number of benzene rings is 2. The Hall–Kier alpha value is -4.18. The number of anilines is 1. The zero-order valence-electron chi connectivity index (χ0n) is 23.0. The van der Waals surface area contributed by atoms with E-state index in [1.807, 2.05) is 13.0 Å². The van der Waals surface area contributed by atoms with E-state index in [1.165, 1.54) is 12.0 Å². The van der Waals surface area contributed by atoms with E-state index in [2.05, 4.69) is 11.9 Å². The summed E-state index contributed by atoms with van der Waals surface area (Å²) < 4.78 is 22.8. The standard InChI is InChI=1S/C30H30N2O7S/c1-6-8-13-38-21-12-10-18(15-22(21)36-5)24-23-25(33)19-14-16(3)9-11-20(19)39-26(23)28(34)32(24)30-31-17(4)27(40-30)29(35)37-7-2/h9-12,14-15,24H,6-8,13H2,1-5H3. The molecule has 1 aliphatic heterocycles. The molecule has 0 saturated carbocycles. The van der Waals surface area contributed by atoms with Gasteiger partial charge in [0.25, 0.3) is 5.91 Å². The Balaban J connectivity index is 1.71. The van der Waals surface area contributed by atoms with Gasteiger partial charge in [0.1, 0.15) is 10.5 Å². The Labute approximate surface area is 235 Å². The molecule has 0 saturated heterocycles. The number of aromatic nitrogens is 1. The minimum Gasteiger partial charge on any atom is -0.493 e. The van der Waals surface area contributed by atoms with Gasteiger partial charge in [-0.25, -0.2) is 9.78 Å². The highest BCUT2D eigenvalue weighted by Crippen LogP contribution is 2.45. The second kappa shape index (κ2) is 11.1. The summed E-state index contributed by atoms with van der Waals surface area (Å²) in [5, 5.41) is 0.635. The molecule has 2 aromatic carbocycles. The molecule has 0 N–H and O–H groups in total. The summed E-state index contributed by atoms with van der Waals surface area (Å²) in [6.07, 6.45) is 1.88. The van der Waals surface area contributed by atoms with Crippen molar-refractivity contribution < 1.29 is 28.2 Å². The van der Waals surface area contributed by atoms with E-state index < -0.39 is 17.9 Å². The zero-order chi connectivity index (χ0) is 28.6. The fourth-order valence-corrected chi connectivity index (χ4v) is 5.76. The van der Waals surface area contributed by atoms with Crippen molar-refractivity contribution in [2.45, 2.75) is 46.6 Å². The van der Waals surface area contributed by atoms with Crippen LogP contribution in [0.4, 0.5) is 5.13 Å². The summed E-state index contributed by atoms with van der Waals surface area (Å²) in [4.78, 5) is 46.7. The number of carbonyl (C=O) groups excluding carboxylic acids is 2. The Morgan fingerprint density at radius 3 is 2.62 bits per heavy atom. The Morgan fingerprint density at radius 1 is 1.10 bits per heavy atom. The lowest BCUT2D eigenvalue weighted by molar-refractivity contribution is 0.0531. The molecular weight excluding hydrogens is 532 g/mol. The van der Waals surface area contributed by atoms with E-state index in [1.54, 1.807) is 44.2 Å². The fraction of sp³-hybridized carbons (Fsp3) is 0.333. The number of carbonyl (C=O) groups is 2. The number of hydrogen-bond acceptors (Lipinski definition) is 9.